The number of amides is 1. The molecule has 0 aromatic carbocycles. The number of nitrogens with zero attached hydrogens (tertiary/aromatic N) is 1. The summed E-state index contributed by atoms with van der Waals surface area (Å²) in [6, 6.07) is 0. The number of likely N-dealkylation sites (N-methyl/N-ethyl adjacent to an activating group) is 1. The molecule has 7 heteroatoms. The van der Waals surface area contributed by atoms with Crippen molar-refractivity contribution in [3.8, 4) is 0 Å². The highest BCUT2D eigenvalue weighted by Crippen LogP contribution is 2.12. The van der Waals surface area contributed by atoms with Crippen LogP contribution in [0.3, 0.4) is 0 Å². The SMILES string of the molecule is CN(C(=O)CS(C)(=O)=O)C(C)(C)C(=O)O. The van der Waals surface area contributed by atoms with Gasteiger partial charge in [0.05, 0.1) is 0 Å². The summed E-state index contributed by atoms with van der Waals surface area (Å²) in [5.41, 5.74) is -1.41. The predicted octanol–water partition coefficient (Wildman–Crippen LogP) is -0.647. The number of aliphatic carboxylic acids is 1. The van der Waals surface area contributed by atoms with Gasteiger partial charge in [-0.2, -0.15) is 0 Å². The quantitative estimate of drug-likeness (QED) is 0.701. The van der Waals surface area contributed by atoms with Crippen LogP contribution in [0.1, 0.15) is 13.8 Å². The Morgan fingerprint density at radius 3 is 2.00 bits per heavy atom. The van der Waals surface area contributed by atoms with Crippen LogP contribution in [0.5, 0.6) is 0 Å². The number of carbonyl (C=O) groups is 2. The highest BCUT2D eigenvalue weighted by atomic mass is 32.2. The molecule has 1 amide bonds. The molecular weight excluding hydrogens is 222 g/mol. The highest BCUT2D eigenvalue weighted by molar-refractivity contribution is 7.91. The van der Waals surface area contributed by atoms with Crippen LogP contribution in [-0.2, 0) is 19.4 Å². The molecule has 0 aromatic heterocycles. The molecule has 0 aliphatic rings. The van der Waals surface area contributed by atoms with Crippen molar-refractivity contribution in [2.24, 2.45) is 0 Å². The highest BCUT2D eigenvalue weighted by Gasteiger charge is 2.35. The van der Waals surface area contributed by atoms with Crippen molar-refractivity contribution in [2.45, 2.75) is 19.4 Å². The first kappa shape index (κ1) is 13.9. The smallest absolute Gasteiger partial charge is 0.329 e. The maximum Gasteiger partial charge on any atom is 0.329 e. The summed E-state index contributed by atoms with van der Waals surface area (Å²) in [6.45, 7) is 2.66. The second-order valence-electron chi connectivity index (χ2n) is 3.89. The summed E-state index contributed by atoms with van der Waals surface area (Å²) in [7, 11) is -2.17. The average molecular weight is 237 g/mol. The molecule has 0 heterocycles. The van der Waals surface area contributed by atoms with E-state index in [1.807, 2.05) is 0 Å². The van der Waals surface area contributed by atoms with E-state index in [9.17, 15) is 18.0 Å². The summed E-state index contributed by atoms with van der Waals surface area (Å²) >= 11 is 0. The van der Waals surface area contributed by atoms with Gasteiger partial charge in [-0.3, -0.25) is 4.79 Å². The Kier molecular flexibility index (Phi) is 3.87. The zero-order chi connectivity index (χ0) is 12.4. The van der Waals surface area contributed by atoms with Crippen molar-refractivity contribution in [3.63, 3.8) is 0 Å². The normalized spacial score (nSPS) is 12.3. The molecule has 0 unspecified atom stereocenters. The van der Waals surface area contributed by atoms with Crippen LogP contribution in [0.4, 0.5) is 0 Å². The fraction of sp³-hybridized carbons (Fsp3) is 0.750. The molecule has 0 aliphatic carbocycles. The Morgan fingerprint density at radius 2 is 1.73 bits per heavy atom. The van der Waals surface area contributed by atoms with Gasteiger partial charge < -0.3 is 10.0 Å². The lowest BCUT2D eigenvalue weighted by Gasteiger charge is -2.31. The summed E-state index contributed by atoms with van der Waals surface area (Å²) in [6.07, 6.45) is 0.923. The van der Waals surface area contributed by atoms with Gasteiger partial charge in [-0.05, 0) is 13.8 Å². The van der Waals surface area contributed by atoms with Crippen molar-refractivity contribution in [2.75, 3.05) is 19.1 Å². The Labute approximate surface area is 88.8 Å². The minimum atomic E-state index is -3.44. The number of carbonyl (C=O) groups excluding carboxylic acids is 1. The second kappa shape index (κ2) is 4.18. The van der Waals surface area contributed by atoms with Crippen LogP contribution in [0.25, 0.3) is 0 Å². The topological polar surface area (TPSA) is 91.8 Å². The van der Waals surface area contributed by atoms with E-state index in [-0.39, 0.29) is 0 Å². The van der Waals surface area contributed by atoms with Crippen LogP contribution >= 0.6 is 0 Å². The summed E-state index contributed by atoms with van der Waals surface area (Å²) in [5.74, 6) is -2.60. The molecule has 0 rings (SSSR count). The fourth-order valence-electron chi connectivity index (χ4n) is 0.776. The Bertz CT molecular complexity index is 370. The van der Waals surface area contributed by atoms with E-state index in [1.165, 1.54) is 20.9 Å². The van der Waals surface area contributed by atoms with Gasteiger partial charge in [-0.1, -0.05) is 0 Å². The lowest BCUT2D eigenvalue weighted by molar-refractivity contribution is -0.154. The molecule has 0 aromatic rings. The van der Waals surface area contributed by atoms with Gasteiger partial charge in [-0.15, -0.1) is 0 Å². The zero-order valence-corrected chi connectivity index (χ0v) is 9.96. The van der Waals surface area contributed by atoms with E-state index in [1.54, 1.807) is 0 Å². The number of hydrogen-bond acceptors (Lipinski definition) is 4. The predicted molar refractivity (Wildman–Crippen MR) is 54.2 cm³/mol. The lowest BCUT2D eigenvalue weighted by Crippen LogP contribution is -2.52. The minimum Gasteiger partial charge on any atom is -0.480 e. The summed E-state index contributed by atoms with van der Waals surface area (Å²) < 4.78 is 21.7. The maximum absolute atomic E-state index is 11.4. The molecule has 0 fully saturated rings. The second-order valence-corrected chi connectivity index (χ2v) is 6.03. The Balaban J connectivity index is 4.81. The Hall–Kier alpha value is -1.11. The molecule has 88 valence electrons. The summed E-state index contributed by atoms with van der Waals surface area (Å²) in [4.78, 5) is 23.1. The largest absolute Gasteiger partial charge is 0.480 e. The van der Waals surface area contributed by atoms with Crippen molar-refractivity contribution in [3.05, 3.63) is 0 Å². The van der Waals surface area contributed by atoms with Crippen LogP contribution in [-0.4, -0.2) is 54.9 Å². The molecule has 0 aliphatic heterocycles. The number of carboxylic acid groups (broad SMARTS) is 1. The first-order valence-corrected chi connectivity index (χ1v) is 6.22. The monoisotopic (exact) mass is 237 g/mol. The van der Waals surface area contributed by atoms with Gasteiger partial charge in [-0.25, -0.2) is 13.2 Å². The molecule has 15 heavy (non-hydrogen) atoms. The van der Waals surface area contributed by atoms with Gasteiger partial charge >= 0.3 is 5.97 Å². The first-order valence-electron chi connectivity index (χ1n) is 4.16. The third-order valence-corrected chi connectivity index (χ3v) is 2.89. The molecule has 1 N–H and O–H groups in total. The molecule has 0 radical (unpaired) electrons. The molecule has 0 atom stereocenters. The van der Waals surface area contributed by atoms with E-state index >= 15 is 0 Å². The van der Waals surface area contributed by atoms with Gasteiger partial charge in [0.25, 0.3) is 0 Å². The fourth-order valence-corrected chi connectivity index (χ4v) is 1.42. The van der Waals surface area contributed by atoms with Crippen LogP contribution < -0.4 is 0 Å². The summed E-state index contributed by atoms with van der Waals surface area (Å²) in [5, 5.41) is 8.82. The van der Waals surface area contributed by atoms with Crippen molar-refractivity contribution in [1.82, 2.24) is 4.90 Å². The third kappa shape index (κ3) is 3.86. The van der Waals surface area contributed by atoms with Crippen LogP contribution in [0.2, 0.25) is 0 Å². The standard InChI is InChI=1S/C8H15NO5S/c1-8(2,7(11)12)9(3)6(10)5-15(4,13)14/h5H2,1-4H3,(H,11,12). The van der Waals surface area contributed by atoms with Gasteiger partial charge in [0, 0.05) is 13.3 Å². The molecule has 0 spiro atoms. The molecule has 0 saturated heterocycles. The molecule has 0 saturated carbocycles. The lowest BCUT2D eigenvalue weighted by atomic mass is 10.0. The molecular formula is C8H15NO5S. The van der Waals surface area contributed by atoms with Crippen molar-refractivity contribution < 1.29 is 23.1 Å². The van der Waals surface area contributed by atoms with E-state index in [0.29, 0.717) is 0 Å². The number of rotatable bonds is 4. The number of carboxylic acids is 1. The molecule has 6 nitrogen and oxygen atoms in total. The van der Waals surface area contributed by atoms with Crippen molar-refractivity contribution in [1.29, 1.82) is 0 Å². The number of hydrogen-bond donors (Lipinski definition) is 1. The maximum atomic E-state index is 11.4. The van der Waals surface area contributed by atoms with Gasteiger partial charge in [0.2, 0.25) is 5.91 Å². The minimum absolute atomic E-state index is 0.680. The van der Waals surface area contributed by atoms with Gasteiger partial charge in [0.1, 0.15) is 11.3 Å². The Morgan fingerprint density at radius 1 is 1.33 bits per heavy atom. The average Bonchev–Trinajstić information content (AvgIpc) is 1.99. The van der Waals surface area contributed by atoms with Crippen molar-refractivity contribution >= 4 is 21.7 Å². The van der Waals surface area contributed by atoms with E-state index < -0.39 is 33.0 Å². The van der Waals surface area contributed by atoms with Crippen LogP contribution in [0.15, 0.2) is 0 Å². The zero-order valence-electron chi connectivity index (χ0n) is 9.14. The first-order chi connectivity index (χ1) is 6.48. The number of sulfone groups is 1. The van der Waals surface area contributed by atoms with Crippen LogP contribution in [0, 0.1) is 0 Å². The van der Waals surface area contributed by atoms with E-state index in [2.05, 4.69) is 0 Å². The van der Waals surface area contributed by atoms with E-state index in [4.69, 9.17) is 5.11 Å². The third-order valence-electron chi connectivity index (χ3n) is 2.12. The van der Waals surface area contributed by atoms with Gasteiger partial charge in [0.15, 0.2) is 9.84 Å². The van der Waals surface area contributed by atoms with E-state index in [0.717, 1.165) is 11.2 Å². The molecule has 0 bridgehead atoms.